The molecule has 2 aromatic rings. The molecule has 3 N–H and O–H groups in total. The van der Waals surface area contributed by atoms with Gasteiger partial charge in [0.1, 0.15) is 0 Å². The van der Waals surface area contributed by atoms with Crippen LogP contribution in [0.3, 0.4) is 0 Å². The predicted molar refractivity (Wildman–Crippen MR) is 121 cm³/mol. The van der Waals surface area contributed by atoms with Gasteiger partial charge in [0.2, 0.25) is 11.8 Å². The first-order valence-electron chi connectivity index (χ1n) is 10.3. The number of nitrogens with one attached hydrogen (secondary N) is 3. The zero-order chi connectivity index (χ0) is 21.9. The van der Waals surface area contributed by atoms with Crippen molar-refractivity contribution in [1.29, 1.82) is 0 Å². The molecular formula is C23H30N4O3. The number of anilines is 3. The second kappa shape index (κ2) is 11.6. The average Bonchev–Trinajstić information content (AvgIpc) is 2.73. The van der Waals surface area contributed by atoms with Gasteiger partial charge in [-0.3, -0.25) is 14.4 Å². The number of rotatable bonds is 10. The lowest BCUT2D eigenvalue weighted by molar-refractivity contribution is -0.116. The first kappa shape index (κ1) is 22.9. The van der Waals surface area contributed by atoms with Crippen molar-refractivity contribution < 1.29 is 14.4 Å². The molecule has 0 spiro atoms. The number of hydrogen-bond acceptors (Lipinski definition) is 4. The van der Waals surface area contributed by atoms with E-state index in [0.717, 1.165) is 6.42 Å². The molecule has 0 heterocycles. The van der Waals surface area contributed by atoms with Crippen molar-refractivity contribution in [2.24, 2.45) is 0 Å². The van der Waals surface area contributed by atoms with Gasteiger partial charge in [0.05, 0.1) is 6.54 Å². The Morgan fingerprint density at radius 3 is 2.03 bits per heavy atom. The molecule has 0 radical (unpaired) electrons. The van der Waals surface area contributed by atoms with Gasteiger partial charge in [-0.15, -0.1) is 0 Å². The molecule has 0 saturated heterocycles. The standard InChI is InChI=1S/C23H30N4O3/c1-4-9-21(28)25-19-12-8-13-20(15-19)26-22(29)16-24-18-11-7-10-17(14-18)23(30)27(5-2)6-3/h7-8,10-15,24H,4-6,9,16H2,1-3H3,(H,25,28)(H,26,29). The van der Waals surface area contributed by atoms with E-state index >= 15 is 0 Å². The molecule has 3 amide bonds. The highest BCUT2D eigenvalue weighted by Gasteiger charge is 2.13. The maximum atomic E-state index is 12.5. The predicted octanol–water partition coefficient (Wildman–Crippen LogP) is 3.96. The maximum absolute atomic E-state index is 12.5. The highest BCUT2D eigenvalue weighted by atomic mass is 16.2. The minimum absolute atomic E-state index is 0.0324. The summed E-state index contributed by atoms with van der Waals surface area (Å²) in [6.45, 7) is 7.17. The molecule has 0 bridgehead atoms. The molecule has 2 rings (SSSR count). The van der Waals surface area contributed by atoms with E-state index in [4.69, 9.17) is 0 Å². The Kier molecular flexibility index (Phi) is 8.87. The Morgan fingerprint density at radius 1 is 0.800 bits per heavy atom. The fourth-order valence-corrected chi connectivity index (χ4v) is 2.97. The zero-order valence-electron chi connectivity index (χ0n) is 17.8. The fraction of sp³-hybridized carbons (Fsp3) is 0.348. The average molecular weight is 411 g/mol. The van der Waals surface area contributed by atoms with E-state index in [0.29, 0.717) is 42.1 Å². The third-order valence-electron chi connectivity index (χ3n) is 4.52. The van der Waals surface area contributed by atoms with Gasteiger partial charge in [-0.25, -0.2) is 0 Å². The number of carbonyl (C=O) groups excluding carboxylic acids is 3. The summed E-state index contributed by atoms with van der Waals surface area (Å²) in [7, 11) is 0. The first-order valence-corrected chi connectivity index (χ1v) is 10.3. The molecule has 0 saturated carbocycles. The summed E-state index contributed by atoms with van der Waals surface area (Å²) >= 11 is 0. The van der Waals surface area contributed by atoms with Crippen molar-refractivity contribution in [2.75, 3.05) is 35.6 Å². The van der Waals surface area contributed by atoms with Gasteiger partial charge in [-0.1, -0.05) is 19.1 Å². The lowest BCUT2D eigenvalue weighted by Gasteiger charge is -2.19. The van der Waals surface area contributed by atoms with Crippen LogP contribution in [-0.4, -0.2) is 42.3 Å². The maximum Gasteiger partial charge on any atom is 0.253 e. The van der Waals surface area contributed by atoms with Gasteiger partial charge in [0.15, 0.2) is 0 Å². The van der Waals surface area contributed by atoms with Crippen molar-refractivity contribution in [3.8, 4) is 0 Å². The third kappa shape index (κ3) is 6.92. The first-order chi connectivity index (χ1) is 14.5. The zero-order valence-corrected chi connectivity index (χ0v) is 17.8. The molecule has 0 atom stereocenters. The van der Waals surface area contributed by atoms with Gasteiger partial charge in [0.25, 0.3) is 5.91 Å². The Bertz CT molecular complexity index is 878. The molecular weight excluding hydrogens is 380 g/mol. The van der Waals surface area contributed by atoms with E-state index in [1.165, 1.54) is 0 Å². The molecule has 2 aromatic carbocycles. The van der Waals surface area contributed by atoms with Crippen LogP contribution < -0.4 is 16.0 Å². The molecule has 0 aliphatic heterocycles. The summed E-state index contributed by atoms with van der Waals surface area (Å²) in [4.78, 5) is 38.3. The van der Waals surface area contributed by atoms with E-state index in [1.54, 1.807) is 47.4 Å². The highest BCUT2D eigenvalue weighted by molar-refractivity contribution is 5.97. The van der Waals surface area contributed by atoms with E-state index in [2.05, 4.69) is 16.0 Å². The molecule has 0 unspecified atom stereocenters. The molecule has 0 aromatic heterocycles. The van der Waals surface area contributed by atoms with Crippen LogP contribution in [0.5, 0.6) is 0 Å². The highest BCUT2D eigenvalue weighted by Crippen LogP contribution is 2.16. The summed E-state index contributed by atoms with van der Waals surface area (Å²) in [5, 5.41) is 8.66. The normalized spacial score (nSPS) is 10.2. The van der Waals surface area contributed by atoms with Crippen LogP contribution in [0.1, 0.15) is 44.0 Å². The molecule has 7 heteroatoms. The van der Waals surface area contributed by atoms with Crippen LogP contribution in [0.4, 0.5) is 17.1 Å². The monoisotopic (exact) mass is 410 g/mol. The van der Waals surface area contributed by atoms with Crippen molar-refractivity contribution in [2.45, 2.75) is 33.6 Å². The second-order valence-electron chi connectivity index (χ2n) is 6.84. The summed E-state index contributed by atoms with van der Waals surface area (Å²) in [6.07, 6.45) is 1.23. The quantitative estimate of drug-likeness (QED) is 0.553. The number of carbonyl (C=O) groups is 3. The van der Waals surface area contributed by atoms with Crippen LogP contribution in [0.15, 0.2) is 48.5 Å². The van der Waals surface area contributed by atoms with Crippen molar-refractivity contribution in [1.82, 2.24) is 4.90 Å². The fourth-order valence-electron chi connectivity index (χ4n) is 2.97. The van der Waals surface area contributed by atoms with Crippen molar-refractivity contribution in [3.05, 3.63) is 54.1 Å². The number of nitrogens with zero attached hydrogens (tertiary/aromatic N) is 1. The van der Waals surface area contributed by atoms with Crippen LogP contribution in [0.2, 0.25) is 0 Å². The van der Waals surface area contributed by atoms with Crippen LogP contribution in [-0.2, 0) is 9.59 Å². The summed E-state index contributed by atoms with van der Waals surface area (Å²) < 4.78 is 0. The summed E-state index contributed by atoms with van der Waals surface area (Å²) in [6, 6.07) is 14.1. The van der Waals surface area contributed by atoms with Gasteiger partial charge < -0.3 is 20.9 Å². The van der Waals surface area contributed by atoms with Gasteiger partial charge in [0, 0.05) is 42.1 Å². The smallest absolute Gasteiger partial charge is 0.253 e. The Hall–Kier alpha value is -3.35. The lowest BCUT2D eigenvalue weighted by atomic mass is 10.1. The van der Waals surface area contributed by atoms with Crippen molar-refractivity contribution in [3.63, 3.8) is 0 Å². The minimum atomic E-state index is -0.229. The topological polar surface area (TPSA) is 90.5 Å². The van der Waals surface area contributed by atoms with E-state index < -0.39 is 0 Å². The second-order valence-corrected chi connectivity index (χ2v) is 6.84. The van der Waals surface area contributed by atoms with Crippen molar-refractivity contribution >= 4 is 34.8 Å². The van der Waals surface area contributed by atoms with Gasteiger partial charge >= 0.3 is 0 Å². The Labute approximate surface area is 177 Å². The van der Waals surface area contributed by atoms with Gasteiger partial charge in [-0.05, 0) is 56.7 Å². The Balaban J connectivity index is 1.93. The molecule has 0 aliphatic rings. The Morgan fingerprint density at radius 2 is 1.40 bits per heavy atom. The lowest BCUT2D eigenvalue weighted by Crippen LogP contribution is -2.30. The number of benzene rings is 2. The largest absolute Gasteiger partial charge is 0.376 e. The molecule has 0 fully saturated rings. The van der Waals surface area contributed by atoms with E-state index in [9.17, 15) is 14.4 Å². The van der Waals surface area contributed by atoms with E-state index in [1.807, 2.05) is 26.8 Å². The van der Waals surface area contributed by atoms with Gasteiger partial charge in [-0.2, -0.15) is 0 Å². The van der Waals surface area contributed by atoms with Crippen LogP contribution in [0.25, 0.3) is 0 Å². The molecule has 0 aliphatic carbocycles. The van der Waals surface area contributed by atoms with Crippen LogP contribution in [0, 0.1) is 0 Å². The number of hydrogen-bond donors (Lipinski definition) is 3. The van der Waals surface area contributed by atoms with E-state index in [-0.39, 0.29) is 24.3 Å². The van der Waals surface area contributed by atoms with Crippen LogP contribution >= 0.6 is 0 Å². The SMILES string of the molecule is CCCC(=O)Nc1cccc(NC(=O)CNc2cccc(C(=O)N(CC)CC)c2)c1. The third-order valence-corrected chi connectivity index (χ3v) is 4.52. The molecule has 7 nitrogen and oxygen atoms in total. The number of amides is 3. The summed E-state index contributed by atoms with van der Waals surface area (Å²) in [5.41, 5.74) is 2.52. The molecule has 30 heavy (non-hydrogen) atoms. The minimum Gasteiger partial charge on any atom is -0.376 e. The summed E-state index contributed by atoms with van der Waals surface area (Å²) in [5.74, 6) is -0.315. The molecule has 160 valence electrons.